The first kappa shape index (κ1) is 14.5. The van der Waals surface area contributed by atoms with Crippen LogP contribution in [0.3, 0.4) is 0 Å². The lowest BCUT2D eigenvalue weighted by Gasteiger charge is -2.41. The monoisotopic (exact) mass is 260 g/mol. The lowest BCUT2D eigenvalue weighted by atomic mass is 9.87. The Kier molecular flexibility index (Phi) is 5.00. The molecule has 1 aliphatic heterocycles. The second-order valence-corrected chi connectivity index (χ2v) is 6.19. The molecular formula is C17H28N2. The molecule has 19 heavy (non-hydrogen) atoms. The molecule has 4 atom stereocenters. The Balaban J connectivity index is 1.85. The molecule has 1 saturated heterocycles. The average molecular weight is 260 g/mol. The van der Waals surface area contributed by atoms with E-state index >= 15 is 0 Å². The summed E-state index contributed by atoms with van der Waals surface area (Å²) in [6.07, 6.45) is 2.38. The summed E-state index contributed by atoms with van der Waals surface area (Å²) in [6.45, 7) is 9.31. The quantitative estimate of drug-likeness (QED) is 0.900. The molecule has 2 nitrogen and oxygen atoms in total. The second-order valence-electron chi connectivity index (χ2n) is 6.19. The van der Waals surface area contributed by atoms with Gasteiger partial charge in [-0.05, 0) is 50.3 Å². The van der Waals surface area contributed by atoms with Gasteiger partial charge in [0.1, 0.15) is 0 Å². The largest absolute Gasteiger partial charge is 0.327 e. The van der Waals surface area contributed by atoms with Crippen LogP contribution in [0, 0.1) is 5.92 Å². The minimum Gasteiger partial charge on any atom is -0.327 e. The summed E-state index contributed by atoms with van der Waals surface area (Å²) in [4.78, 5) is 2.62. The Bertz CT molecular complexity index is 376. The molecule has 0 radical (unpaired) electrons. The van der Waals surface area contributed by atoms with Crippen molar-refractivity contribution in [2.45, 2.75) is 51.6 Å². The van der Waals surface area contributed by atoms with E-state index in [0.29, 0.717) is 23.9 Å². The predicted octanol–water partition coefficient (Wildman–Crippen LogP) is 3.24. The van der Waals surface area contributed by atoms with E-state index in [9.17, 15) is 0 Å². The van der Waals surface area contributed by atoms with E-state index in [1.165, 1.54) is 18.5 Å². The van der Waals surface area contributed by atoms with Crippen LogP contribution >= 0.6 is 0 Å². The first-order valence-electron chi connectivity index (χ1n) is 7.64. The van der Waals surface area contributed by atoms with Gasteiger partial charge in [0.25, 0.3) is 0 Å². The van der Waals surface area contributed by atoms with E-state index in [1.807, 2.05) is 0 Å². The average Bonchev–Trinajstić information content (AvgIpc) is 2.45. The van der Waals surface area contributed by atoms with Crippen molar-refractivity contribution in [3.63, 3.8) is 0 Å². The van der Waals surface area contributed by atoms with Crippen LogP contribution in [0.25, 0.3) is 0 Å². The van der Waals surface area contributed by atoms with Gasteiger partial charge >= 0.3 is 0 Å². The molecule has 2 rings (SSSR count). The molecule has 106 valence electrons. The summed E-state index contributed by atoms with van der Waals surface area (Å²) in [6, 6.07) is 11.8. The van der Waals surface area contributed by atoms with E-state index in [-0.39, 0.29) is 0 Å². The van der Waals surface area contributed by atoms with Crippen molar-refractivity contribution in [2.24, 2.45) is 11.7 Å². The van der Waals surface area contributed by atoms with Crippen molar-refractivity contribution in [1.29, 1.82) is 0 Å². The Morgan fingerprint density at radius 3 is 2.63 bits per heavy atom. The fourth-order valence-corrected chi connectivity index (χ4v) is 3.09. The van der Waals surface area contributed by atoms with Crippen molar-refractivity contribution in [2.75, 3.05) is 13.1 Å². The van der Waals surface area contributed by atoms with Gasteiger partial charge in [0.2, 0.25) is 0 Å². The zero-order valence-electron chi connectivity index (χ0n) is 12.5. The molecule has 1 heterocycles. The second kappa shape index (κ2) is 6.53. The number of likely N-dealkylation sites (tertiary alicyclic amines) is 1. The maximum absolute atomic E-state index is 6.15. The zero-order chi connectivity index (χ0) is 13.8. The van der Waals surface area contributed by atoms with Gasteiger partial charge in [-0.25, -0.2) is 0 Å². The van der Waals surface area contributed by atoms with Gasteiger partial charge < -0.3 is 10.6 Å². The number of nitrogens with zero attached hydrogens (tertiary/aromatic N) is 1. The van der Waals surface area contributed by atoms with Gasteiger partial charge in [0.15, 0.2) is 0 Å². The normalized spacial score (nSPS) is 30.2. The lowest BCUT2D eigenvalue weighted by molar-refractivity contribution is 0.0952. The van der Waals surface area contributed by atoms with Crippen molar-refractivity contribution in [3.05, 3.63) is 35.9 Å². The molecule has 1 aromatic rings. The molecule has 0 bridgehead atoms. The molecule has 2 N–H and O–H groups in total. The van der Waals surface area contributed by atoms with Crippen molar-refractivity contribution in [3.8, 4) is 0 Å². The van der Waals surface area contributed by atoms with Gasteiger partial charge in [-0.1, -0.05) is 44.2 Å². The van der Waals surface area contributed by atoms with Crippen LogP contribution in [-0.2, 0) is 0 Å². The summed E-state index contributed by atoms with van der Waals surface area (Å²) in [5.41, 5.74) is 7.61. The third-order valence-corrected chi connectivity index (χ3v) is 4.98. The molecule has 0 saturated carbocycles. The van der Waals surface area contributed by atoms with Crippen LogP contribution in [0.5, 0.6) is 0 Å². The van der Waals surface area contributed by atoms with Gasteiger partial charge in [0, 0.05) is 12.1 Å². The highest BCUT2D eigenvalue weighted by Crippen LogP contribution is 2.25. The molecule has 0 aliphatic carbocycles. The fraction of sp³-hybridized carbons (Fsp3) is 0.647. The van der Waals surface area contributed by atoms with Gasteiger partial charge in [-0.15, -0.1) is 0 Å². The number of piperidine rings is 1. The SMILES string of the molecule is CC(CCN1CCC(N)C(C)C1C)c1ccccc1. The summed E-state index contributed by atoms with van der Waals surface area (Å²) in [5, 5.41) is 0. The summed E-state index contributed by atoms with van der Waals surface area (Å²) in [7, 11) is 0. The van der Waals surface area contributed by atoms with Crippen LogP contribution in [0.15, 0.2) is 30.3 Å². The topological polar surface area (TPSA) is 29.3 Å². The lowest BCUT2D eigenvalue weighted by Crippen LogP contribution is -2.51. The Morgan fingerprint density at radius 1 is 1.26 bits per heavy atom. The number of nitrogens with two attached hydrogens (primary N) is 1. The van der Waals surface area contributed by atoms with Crippen LogP contribution in [0.1, 0.15) is 45.1 Å². The first-order chi connectivity index (χ1) is 9.09. The van der Waals surface area contributed by atoms with Crippen LogP contribution in [0.2, 0.25) is 0 Å². The number of rotatable bonds is 4. The molecule has 1 fully saturated rings. The molecule has 2 heteroatoms. The molecule has 0 amide bonds. The number of hydrogen-bond acceptors (Lipinski definition) is 2. The maximum Gasteiger partial charge on any atom is 0.0107 e. The molecule has 0 spiro atoms. The van der Waals surface area contributed by atoms with Crippen LogP contribution in [0.4, 0.5) is 0 Å². The molecule has 1 aliphatic rings. The smallest absolute Gasteiger partial charge is 0.0107 e. The minimum atomic E-state index is 0.387. The van der Waals surface area contributed by atoms with Gasteiger partial charge in [-0.2, -0.15) is 0 Å². The summed E-state index contributed by atoms with van der Waals surface area (Å²) in [5.74, 6) is 1.25. The highest BCUT2D eigenvalue weighted by atomic mass is 15.2. The van der Waals surface area contributed by atoms with Crippen molar-refractivity contribution >= 4 is 0 Å². The number of benzene rings is 1. The Morgan fingerprint density at radius 2 is 1.95 bits per heavy atom. The first-order valence-corrected chi connectivity index (χ1v) is 7.64. The molecular weight excluding hydrogens is 232 g/mol. The standard InChI is InChI=1S/C17H28N2/c1-13(16-7-5-4-6-8-16)9-11-19-12-10-17(18)14(2)15(19)3/h4-8,13-15,17H,9-12,18H2,1-3H3. The maximum atomic E-state index is 6.15. The van der Waals surface area contributed by atoms with E-state index < -0.39 is 0 Å². The van der Waals surface area contributed by atoms with Crippen LogP contribution in [-0.4, -0.2) is 30.1 Å². The number of hydrogen-bond donors (Lipinski definition) is 1. The van der Waals surface area contributed by atoms with Crippen LogP contribution < -0.4 is 5.73 Å². The third kappa shape index (κ3) is 3.58. The summed E-state index contributed by atoms with van der Waals surface area (Å²) >= 11 is 0. The highest BCUT2D eigenvalue weighted by molar-refractivity contribution is 5.18. The molecule has 0 aromatic heterocycles. The minimum absolute atomic E-state index is 0.387. The fourth-order valence-electron chi connectivity index (χ4n) is 3.09. The Hall–Kier alpha value is -0.860. The summed E-state index contributed by atoms with van der Waals surface area (Å²) < 4.78 is 0. The molecule has 1 aromatic carbocycles. The Labute approximate surface area is 118 Å². The van der Waals surface area contributed by atoms with E-state index in [4.69, 9.17) is 5.73 Å². The predicted molar refractivity (Wildman–Crippen MR) is 82.3 cm³/mol. The van der Waals surface area contributed by atoms with Gasteiger partial charge in [-0.3, -0.25) is 0 Å². The highest BCUT2D eigenvalue weighted by Gasteiger charge is 2.29. The van der Waals surface area contributed by atoms with Crippen molar-refractivity contribution in [1.82, 2.24) is 4.90 Å². The van der Waals surface area contributed by atoms with E-state index in [2.05, 4.69) is 56.0 Å². The molecule has 4 unspecified atom stereocenters. The third-order valence-electron chi connectivity index (χ3n) is 4.98. The van der Waals surface area contributed by atoms with E-state index in [1.54, 1.807) is 0 Å². The van der Waals surface area contributed by atoms with Gasteiger partial charge in [0.05, 0.1) is 0 Å². The van der Waals surface area contributed by atoms with E-state index in [0.717, 1.165) is 13.0 Å². The van der Waals surface area contributed by atoms with Crippen molar-refractivity contribution < 1.29 is 0 Å². The zero-order valence-corrected chi connectivity index (χ0v) is 12.5.